The van der Waals surface area contributed by atoms with Crippen molar-refractivity contribution in [2.45, 2.75) is 13.0 Å². The van der Waals surface area contributed by atoms with Crippen LogP contribution in [0.4, 0.5) is 5.69 Å². The Balaban J connectivity index is 1.56. The van der Waals surface area contributed by atoms with Crippen LogP contribution in [0, 0.1) is 10.1 Å². The highest BCUT2D eigenvalue weighted by Gasteiger charge is 2.19. The first-order valence-electron chi connectivity index (χ1n) is 9.94. The van der Waals surface area contributed by atoms with Crippen molar-refractivity contribution < 1.29 is 19.2 Å². The number of amides is 2. The number of nitro groups is 1. The number of carbonyl (C=O) groups excluding carboxylic acids is 2. The van der Waals surface area contributed by atoms with Gasteiger partial charge in [0.05, 0.1) is 24.6 Å². The van der Waals surface area contributed by atoms with Crippen LogP contribution in [0.25, 0.3) is 11.1 Å². The van der Waals surface area contributed by atoms with Gasteiger partial charge in [0.1, 0.15) is 0 Å². The van der Waals surface area contributed by atoms with Crippen molar-refractivity contribution in [3.05, 3.63) is 94.0 Å². The third-order valence-corrected chi connectivity index (χ3v) is 4.94. The van der Waals surface area contributed by atoms with Crippen molar-refractivity contribution >= 4 is 17.5 Å². The zero-order valence-corrected chi connectivity index (χ0v) is 17.7. The molecule has 32 heavy (non-hydrogen) atoms. The van der Waals surface area contributed by atoms with Crippen molar-refractivity contribution in [3.8, 4) is 16.9 Å². The number of nitro benzene ring substituents is 1. The summed E-state index contributed by atoms with van der Waals surface area (Å²) in [5, 5.41) is 16.4. The van der Waals surface area contributed by atoms with E-state index in [4.69, 9.17) is 4.74 Å². The fourth-order valence-electron chi connectivity index (χ4n) is 3.21. The van der Waals surface area contributed by atoms with Gasteiger partial charge in [-0.05, 0) is 35.7 Å². The lowest BCUT2D eigenvalue weighted by molar-refractivity contribution is -0.385. The monoisotopic (exact) mass is 433 g/mol. The van der Waals surface area contributed by atoms with E-state index in [0.717, 1.165) is 22.8 Å². The summed E-state index contributed by atoms with van der Waals surface area (Å²) in [4.78, 5) is 35.0. The molecule has 0 aliphatic heterocycles. The number of ether oxygens (including phenoxy) is 1. The van der Waals surface area contributed by atoms with Gasteiger partial charge in [0, 0.05) is 11.6 Å². The van der Waals surface area contributed by atoms with E-state index >= 15 is 0 Å². The van der Waals surface area contributed by atoms with Gasteiger partial charge in [-0.1, -0.05) is 54.6 Å². The van der Waals surface area contributed by atoms with E-state index in [9.17, 15) is 19.7 Å². The Bertz CT molecular complexity index is 1110. The zero-order valence-electron chi connectivity index (χ0n) is 17.7. The summed E-state index contributed by atoms with van der Waals surface area (Å²) in [5.41, 5.74) is 2.85. The Morgan fingerprint density at radius 1 is 1.00 bits per heavy atom. The highest BCUT2D eigenvalue weighted by atomic mass is 16.6. The van der Waals surface area contributed by atoms with Crippen molar-refractivity contribution in [2.24, 2.45) is 0 Å². The lowest BCUT2D eigenvalue weighted by atomic mass is 10.0. The van der Waals surface area contributed by atoms with Crippen LogP contribution < -0.4 is 15.4 Å². The molecule has 0 spiro atoms. The molecule has 3 aromatic carbocycles. The summed E-state index contributed by atoms with van der Waals surface area (Å²) in [5.74, 6) is -0.914. The quantitative estimate of drug-likeness (QED) is 0.414. The molecule has 0 aliphatic carbocycles. The summed E-state index contributed by atoms with van der Waals surface area (Å²) in [7, 11) is 1.31. The molecule has 0 aliphatic rings. The minimum atomic E-state index is -0.632. The van der Waals surface area contributed by atoms with E-state index in [0.29, 0.717) is 0 Å². The average molecular weight is 433 g/mol. The van der Waals surface area contributed by atoms with Crippen molar-refractivity contribution in [1.29, 1.82) is 0 Å². The maximum atomic E-state index is 12.3. The molecule has 164 valence electrons. The Morgan fingerprint density at radius 2 is 1.66 bits per heavy atom. The van der Waals surface area contributed by atoms with E-state index < -0.39 is 10.8 Å². The highest BCUT2D eigenvalue weighted by Crippen LogP contribution is 2.27. The van der Waals surface area contributed by atoms with Crippen LogP contribution in [0.5, 0.6) is 5.75 Å². The fraction of sp³-hybridized carbons (Fsp3) is 0.167. The minimum Gasteiger partial charge on any atom is -0.490 e. The van der Waals surface area contributed by atoms with Crippen molar-refractivity contribution in [2.75, 3.05) is 13.7 Å². The van der Waals surface area contributed by atoms with Crippen molar-refractivity contribution in [3.63, 3.8) is 0 Å². The molecule has 0 fully saturated rings. The molecule has 0 aromatic heterocycles. The van der Waals surface area contributed by atoms with Gasteiger partial charge in [-0.2, -0.15) is 0 Å². The van der Waals surface area contributed by atoms with E-state index in [-0.39, 0.29) is 35.5 Å². The van der Waals surface area contributed by atoms with E-state index in [1.807, 2.05) is 61.5 Å². The molecule has 2 amide bonds. The van der Waals surface area contributed by atoms with Gasteiger partial charge in [-0.25, -0.2) is 0 Å². The van der Waals surface area contributed by atoms with Crippen molar-refractivity contribution in [1.82, 2.24) is 10.6 Å². The van der Waals surface area contributed by atoms with Gasteiger partial charge >= 0.3 is 5.69 Å². The number of hydrogen-bond acceptors (Lipinski definition) is 5. The highest BCUT2D eigenvalue weighted by molar-refractivity contribution is 5.97. The lowest BCUT2D eigenvalue weighted by Gasteiger charge is -2.15. The molecular formula is C24H23N3O5. The first-order valence-corrected chi connectivity index (χ1v) is 9.94. The van der Waals surface area contributed by atoms with Gasteiger partial charge < -0.3 is 15.4 Å². The lowest BCUT2D eigenvalue weighted by Crippen LogP contribution is -2.38. The topological polar surface area (TPSA) is 111 Å². The Labute approximate surface area is 185 Å². The number of nitrogens with zero attached hydrogens (tertiary/aromatic N) is 1. The molecule has 0 heterocycles. The normalized spacial score (nSPS) is 11.3. The Kier molecular flexibility index (Phi) is 7.17. The molecule has 1 atom stereocenters. The molecule has 0 radical (unpaired) electrons. The molecule has 0 saturated carbocycles. The number of rotatable bonds is 8. The zero-order chi connectivity index (χ0) is 23.1. The number of nitrogens with one attached hydrogen (secondary N) is 2. The van der Waals surface area contributed by atoms with Gasteiger partial charge in [0.15, 0.2) is 5.75 Å². The molecule has 8 nitrogen and oxygen atoms in total. The standard InChI is InChI=1S/C24H23N3O5/c1-16(17-8-10-19(11-9-17)18-6-4-3-5-7-18)26-23(28)15-25-24(29)20-12-13-22(32-2)21(14-20)27(30)31/h3-14,16H,15H2,1-2H3,(H,25,29)(H,26,28). The summed E-state index contributed by atoms with van der Waals surface area (Å²) in [6.07, 6.45) is 0. The molecule has 0 bridgehead atoms. The van der Waals surface area contributed by atoms with Crippen LogP contribution in [0.15, 0.2) is 72.8 Å². The number of methoxy groups -OCH3 is 1. The number of hydrogen-bond donors (Lipinski definition) is 2. The van der Waals surface area contributed by atoms with Gasteiger partial charge in [0.25, 0.3) is 5.91 Å². The summed E-state index contributed by atoms with van der Waals surface area (Å²) >= 11 is 0. The largest absolute Gasteiger partial charge is 0.490 e. The number of carbonyl (C=O) groups is 2. The minimum absolute atomic E-state index is 0.0522. The molecule has 3 aromatic rings. The van der Waals surface area contributed by atoms with Gasteiger partial charge in [-0.15, -0.1) is 0 Å². The molecule has 2 N–H and O–H groups in total. The number of benzene rings is 3. The summed E-state index contributed by atoms with van der Waals surface area (Å²) in [6, 6.07) is 21.4. The van der Waals surface area contributed by atoms with Gasteiger partial charge in [-0.3, -0.25) is 19.7 Å². The average Bonchev–Trinajstić information content (AvgIpc) is 2.82. The molecule has 3 rings (SSSR count). The van der Waals surface area contributed by atoms with Crippen LogP contribution in [0.3, 0.4) is 0 Å². The predicted octanol–water partition coefficient (Wildman–Crippen LogP) is 3.88. The maximum Gasteiger partial charge on any atom is 0.311 e. The third-order valence-electron chi connectivity index (χ3n) is 4.94. The predicted molar refractivity (Wildman–Crippen MR) is 120 cm³/mol. The van der Waals surface area contributed by atoms with Crippen LogP contribution in [0.1, 0.15) is 28.9 Å². The van der Waals surface area contributed by atoms with Gasteiger partial charge in [0.2, 0.25) is 5.91 Å². The van der Waals surface area contributed by atoms with E-state index in [1.165, 1.54) is 19.2 Å². The first kappa shape index (κ1) is 22.5. The van der Waals surface area contributed by atoms with Crippen LogP contribution >= 0.6 is 0 Å². The maximum absolute atomic E-state index is 12.3. The smallest absolute Gasteiger partial charge is 0.311 e. The van der Waals surface area contributed by atoms with Crippen LogP contribution in [-0.2, 0) is 4.79 Å². The third kappa shape index (κ3) is 5.48. The Hall–Kier alpha value is -4.20. The second-order valence-corrected chi connectivity index (χ2v) is 7.10. The second kappa shape index (κ2) is 10.2. The van der Waals surface area contributed by atoms with E-state index in [1.54, 1.807) is 0 Å². The molecule has 0 saturated heterocycles. The van der Waals surface area contributed by atoms with Crippen LogP contribution in [-0.4, -0.2) is 30.4 Å². The second-order valence-electron chi connectivity index (χ2n) is 7.10. The molecular weight excluding hydrogens is 410 g/mol. The Morgan fingerprint density at radius 3 is 2.28 bits per heavy atom. The summed E-state index contributed by atoms with van der Waals surface area (Å²) in [6.45, 7) is 1.59. The molecule has 1 unspecified atom stereocenters. The SMILES string of the molecule is COc1ccc(C(=O)NCC(=O)NC(C)c2ccc(-c3ccccc3)cc2)cc1[N+](=O)[O-]. The van der Waals surface area contributed by atoms with E-state index in [2.05, 4.69) is 10.6 Å². The molecule has 8 heteroatoms. The van der Waals surface area contributed by atoms with Crippen LogP contribution in [0.2, 0.25) is 0 Å². The first-order chi connectivity index (χ1) is 15.4. The summed E-state index contributed by atoms with van der Waals surface area (Å²) < 4.78 is 4.92. The fourth-order valence-corrected chi connectivity index (χ4v) is 3.21.